The first kappa shape index (κ1) is 22.1. The molecule has 2 amide bonds. The lowest BCUT2D eigenvalue weighted by molar-refractivity contribution is -0.155. The lowest BCUT2D eigenvalue weighted by atomic mass is 10.1. The van der Waals surface area contributed by atoms with Gasteiger partial charge >= 0.3 is 11.9 Å². The molecule has 4 atom stereocenters. The van der Waals surface area contributed by atoms with Gasteiger partial charge < -0.3 is 29.6 Å². The normalized spacial score (nSPS) is 25.9. The molecule has 158 valence electrons. The van der Waals surface area contributed by atoms with Crippen LogP contribution < -0.4 is 10.6 Å². The van der Waals surface area contributed by atoms with E-state index in [1.54, 1.807) is 13.8 Å². The Bertz CT molecular complexity index is 594. The summed E-state index contributed by atoms with van der Waals surface area (Å²) in [4.78, 5) is 46.1. The SMILES string of the molecule is CC(=O)NCCC(=O)O[C@@H]1CO[C@H]2[C@@H]1OC[C@@H]2OC(=O)CCNC(=O)C(C)C. The molecule has 2 aliphatic heterocycles. The topological polar surface area (TPSA) is 129 Å². The zero-order valence-corrected chi connectivity index (χ0v) is 16.4. The molecular weight excluding hydrogens is 372 g/mol. The van der Waals surface area contributed by atoms with Gasteiger partial charge in [0, 0.05) is 25.9 Å². The second-order valence-corrected chi connectivity index (χ2v) is 7.08. The van der Waals surface area contributed by atoms with Crippen LogP contribution in [0.1, 0.15) is 33.6 Å². The van der Waals surface area contributed by atoms with Gasteiger partial charge in [-0.15, -0.1) is 0 Å². The molecule has 2 rings (SSSR count). The number of nitrogens with one attached hydrogen (secondary N) is 2. The highest BCUT2D eigenvalue weighted by molar-refractivity contribution is 5.78. The Kier molecular flexibility index (Phi) is 8.18. The quantitative estimate of drug-likeness (QED) is 0.486. The van der Waals surface area contributed by atoms with Crippen LogP contribution in [0.3, 0.4) is 0 Å². The van der Waals surface area contributed by atoms with Crippen molar-refractivity contribution in [2.45, 2.75) is 58.0 Å². The molecule has 2 heterocycles. The zero-order valence-electron chi connectivity index (χ0n) is 16.4. The van der Waals surface area contributed by atoms with Gasteiger partial charge in [-0.2, -0.15) is 0 Å². The minimum absolute atomic E-state index is 0.0495. The number of carbonyl (C=O) groups excluding carboxylic acids is 4. The minimum Gasteiger partial charge on any atom is -0.457 e. The second kappa shape index (κ2) is 10.4. The summed E-state index contributed by atoms with van der Waals surface area (Å²) in [5.41, 5.74) is 0. The van der Waals surface area contributed by atoms with Crippen molar-refractivity contribution in [3.63, 3.8) is 0 Å². The van der Waals surface area contributed by atoms with Gasteiger partial charge in [0.1, 0.15) is 12.2 Å². The van der Waals surface area contributed by atoms with E-state index in [1.807, 2.05) is 0 Å². The zero-order chi connectivity index (χ0) is 20.7. The number of rotatable bonds is 9. The lowest BCUT2D eigenvalue weighted by Crippen LogP contribution is -2.37. The fourth-order valence-corrected chi connectivity index (χ4v) is 2.92. The maximum absolute atomic E-state index is 12.0. The third kappa shape index (κ3) is 6.45. The van der Waals surface area contributed by atoms with Crippen molar-refractivity contribution in [3.8, 4) is 0 Å². The summed E-state index contributed by atoms with van der Waals surface area (Å²) in [7, 11) is 0. The van der Waals surface area contributed by atoms with Crippen molar-refractivity contribution in [1.29, 1.82) is 0 Å². The molecule has 0 unspecified atom stereocenters. The highest BCUT2D eigenvalue weighted by Gasteiger charge is 2.51. The van der Waals surface area contributed by atoms with Crippen LogP contribution in [0.4, 0.5) is 0 Å². The maximum Gasteiger partial charge on any atom is 0.308 e. The van der Waals surface area contributed by atoms with E-state index in [0.717, 1.165) is 0 Å². The molecule has 10 heteroatoms. The molecule has 0 saturated carbocycles. The van der Waals surface area contributed by atoms with Crippen molar-refractivity contribution in [1.82, 2.24) is 10.6 Å². The van der Waals surface area contributed by atoms with E-state index in [9.17, 15) is 19.2 Å². The molecule has 2 aliphatic rings. The third-order valence-corrected chi connectivity index (χ3v) is 4.38. The van der Waals surface area contributed by atoms with E-state index < -0.39 is 36.4 Å². The summed E-state index contributed by atoms with van der Waals surface area (Å²) in [6, 6.07) is 0. The Morgan fingerprint density at radius 2 is 1.36 bits per heavy atom. The van der Waals surface area contributed by atoms with Crippen molar-refractivity contribution in [3.05, 3.63) is 0 Å². The van der Waals surface area contributed by atoms with E-state index in [0.29, 0.717) is 0 Å². The molecule has 0 aromatic carbocycles. The maximum atomic E-state index is 12.0. The van der Waals surface area contributed by atoms with Crippen LogP contribution >= 0.6 is 0 Å². The molecule has 2 saturated heterocycles. The fourth-order valence-electron chi connectivity index (χ4n) is 2.92. The van der Waals surface area contributed by atoms with E-state index >= 15 is 0 Å². The van der Waals surface area contributed by atoms with Gasteiger partial charge in [-0.05, 0) is 0 Å². The van der Waals surface area contributed by atoms with Crippen LogP contribution in [-0.2, 0) is 38.1 Å². The van der Waals surface area contributed by atoms with Crippen LogP contribution in [-0.4, -0.2) is 74.5 Å². The van der Waals surface area contributed by atoms with Crippen LogP contribution in [0.5, 0.6) is 0 Å². The molecule has 0 spiro atoms. The van der Waals surface area contributed by atoms with Crippen molar-refractivity contribution < 1.29 is 38.1 Å². The predicted octanol–water partition coefficient (Wildman–Crippen LogP) is -0.704. The Balaban J connectivity index is 1.70. The first-order valence-electron chi connectivity index (χ1n) is 9.42. The van der Waals surface area contributed by atoms with Crippen LogP contribution in [0, 0.1) is 5.92 Å². The molecule has 0 aliphatic carbocycles. The molecule has 0 aromatic rings. The van der Waals surface area contributed by atoms with Gasteiger partial charge in [-0.25, -0.2) is 0 Å². The number of fused-ring (bicyclic) bond motifs is 1. The molecule has 10 nitrogen and oxygen atoms in total. The van der Waals surface area contributed by atoms with Crippen molar-refractivity contribution in [2.24, 2.45) is 5.92 Å². The van der Waals surface area contributed by atoms with Gasteiger partial charge in [0.25, 0.3) is 0 Å². The molecular formula is C18H28N2O8. The summed E-state index contributed by atoms with van der Waals surface area (Å²) in [5, 5.41) is 5.17. The molecule has 2 fully saturated rings. The van der Waals surface area contributed by atoms with Gasteiger partial charge in [0.2, 0.25) is 11.8 Å². The van der Waals surface area contributed by atoms with E-state index in [2.05, 4.69) is 10.6 Å². The predicted molar refractivity (Wildman–Crippen MR) is 95.0 cm³/mol. The smallest absolute Gasteiger partial charge is 0.308 e. The first-order chi connectivity index (χ1) is 13.3. The fraction of sp³-hybridized carbons (Fsp3) is 0.778. The van der Waals surface area contributed by atoms with E-state index in [1.165, 1.54) is 6.92 Å². The monoisotopic (exact) mass is 400 g/mol. The molecule has 0 bridgehead atoms. The first-order valence-corrected chi connectivity index (χ1v) is 9.42. The molecule has 28 heavy (non-hydrogen) atoms. The molecule has 0 aromatic heterocycles. The second-order valence-electron chi connectivity index (χ2n) is 7.08. The number of carbonyl (C=O) groups is 4. The number of hydrogen-bond donors (Lipinski definition) is 2. The summed E-state index contributed by atoms with van der Waals surface area (Å²) >= 11 is 0. The number of esters is 2. The average molecular weight is 400 g/mol. The van der Waals surface area contributed by atoms with Crippen LogP contribution in [0.25, 0.3) is 0 Å². The van der Waals surface area contributed by atoms with Crippen molar-refractivity contribution in [2.75, 3.05) is 26.3 Å². The summed E-state index contributed by atoms with van der Waals surface area (Å²) in [5.74, 6) is -1.42. The lowest BCUT2D eigenvalue weighted by Gasteiger charge is -2.17. The molecule has 0 radical (unpaired) electrons. The largest absolute Gasteiger partial charge is 0.457 e. The Morgan fingerprint density at radius 3 is 1.79 bits per heavy atom. The number of amides is 2. The highest BCUT2D eigenvalue weighted by atomic mass is 16.7. The van der Waals surface area contributed by atoms with Gasteiger partial charge in [0.15, 0.2) is 12.2 Å². The van der Waals surface area contributed by atoms with Gasteiger partial charge in [-0.3, -0.25) is 19.2 Å². The summed E-state index contributed by atoms with van der Waals surface area (Å²) < 4.78 is 21.9. The standard InChI is InChI=1S/C18H28N2O8/c1-10(2)18(24)20-7-5-15(23)28-13-9-26-16-12(8-25-17(13)16)27-14(22)4-6-19-11(3)21/h10,12-13,16-17H,4-9H2,1-3H3,(H,19,21)(H,20,24)/t12-,13+,16-,17-/m1/s1. The third-order valence-electron chi connectivity index (χ3n) is 4.38. The Morgan fingerprint density at radius 1 is 0.893 bits per heavy atom. The Hall–Kier alpha value is -2.20. The minimum atomic E-state index is -0.582. The average Bonchev–Trinajstić information content (AvgIpc) is 3.18. The van der Waals surface area contributed by atoms with Crippen LogP contribution in [0.15, 0.2) is 0 Å². The van der Waals surface area contributed by atoms with Crippen LogP contribution in [0.2, 0.25) is 0 Å². The van der Waals surface area contributed by atoms with Crippen molar-refractivity contribution >= 4 is 23.8 Å². The number of hydrogen-bond acceptors (Lipinski definition) is 8. The number of ether oxygens (including phenoxy) is 4. The Labute approximate surface area is 163 Å². The molecule has 2 N–H and O–H groups in total. The summed E-state index contributed by atoms with van der Waals surface area (Å²) in [6.45, 7) is 5.61. The van der Waals surface area contributed by atoms with E-state index in [-0.39, 0.29) is 56.9 Å². The van der Waals surface area contributed by atoms with Gasteiger partial charge in [0.05, 0.1) is 26.1 Å². The van der Waals surface area contributed by atoms with E-state index in [4.69, 9.17) is 18.9 Å². The highest BCUT2D eigenvalue weighted by Crippen LogP contribution is 2.30. The summed E-state index contributed by atoms with van der Waals surface area (Å²) in [6.07, 6.45) is -2.06. The van der Waals surface area contributed by atoms with Gasteiger partial charge in [-0.1, -0.05) is 13.8 Å².